The van der Waals surface area contributed by atoms with Crippen LogP contribution < -0.4 is 4.90 Å². The van der Waals surface area contributed by atoms with E-state index in [1.54, 1.807) is 11.6 Å². The van der Waals surface area contributed by atoms with E-state index in [0.29, 0.717) is 11.3 Å². The molecule has 5 nitrogen and oxygen atoms in total. The molecule has 2 aromatic heterocycles. The second kappa shape index (κ2) is 5.08. The van der Waals surface area contributed by atoms with Crippen molar-refractivity contribution in [2.75, 3.05) is 11.9 Å². The molecule has 0 aliphatic heterocycles. The quantitative estimate of drug-likeness (QED) is 0.742. The van der Waals surface area contributed by atoms with Crippen LogP contribution in [0.4, 0.5) is 14.6 Å². The molecule has 21 heavy (non-hydrogen) atoms. The van der Waals surface area contributed by atoms with Gasteiger partial charge < -0.3 is 4.90 Å². The van der Waals surface area contributed by atoms with E-state index in [0.717, 1.165) is 17.6 Å². The van der Waals surface area contributed by atoms with Crippen molar-refractivity contribution in [2.45, 2.75) is 13.5 Å². The van der Waals surface area contributed by atoms with E-state index in [2.05, 4.69) is 15.1 Å². The molecule has 0 unspecified atom stereocenters. The number of nitrogens with zero attached hydrogens (tertiary/aromatic N) is 5. The van der Waals surface area contributed by atoms with E-state index in [9.17, 15) is 8.78 Å². The van der Waals surface area contributed by atoms with E-state index in [1.807, 2.05) is 17.9 Å². The van der Waals surface area contributed by atoms with Gasteiger partial charge in [0.25, 0.3) is 5.78 Å². The zero-order valence-electron chi connectivity index (χ0n) is 11.6. The van der Waals surface area contributed by atoms with Gasteiger partial charge in [-0.3, -0.25) is 0 Å². The summed E-state index contributed by atoms with van der Waals surface area (Å²) in [6, 6.07) is 5.40. The highest BCUT2D eigenvalue weighted by molar-refractivity contribution is 5.47. The van der Waals surface area contributed by atoms with E-state index >= 15 is 0 Å². The Hall–Kier alpha value is -2.57. The minimum Gasteiger partial charge on any atom is -0.355 e. The molecule has 108 valence electrons. The lowest BCUT2D eigenvalue weighted by molar-refractivity contribution is 0.570. The summed E-state index contributed by atoms with van der Waals surface area (Å²) in [7, 11) is 1.80. The molecule has 1 aromatic carbocycles. The third-order valence-corrected chi connectivity index (χ3v) is 3.17. The molecule has 0 aliphatic carbocycles. The number of benzene rings is 1. The number of rotatable bonds is 3. The summed E-state index contributed by atoms with van der Waals surface area (Å²) in [6.07, 6.45) is 1.41. The molecule has 0 atom stereocenters. The van der Waals surface area contributed by atoms with Crippen LogP contribution in [0, 0.1) is 18.6 Å². The number of halogens is 2. The van der Waals surface area contributed by atoms with Crippen molar-refractivity contribution in [3.05, 3.63) is 53.5 Å². The Balaban J connectivity index is 1.97. The van der Waals surface area contributed by atoms with E-state index in [4.69, 9.17) is 0 Å². The minimum atomic E-state index is -0.586. The standard InChI is InChI=1S/C14H13F2N5/c1-9-5-13(21-14(19-9)17-8-18-21)20(2)7-10-3-4-11(15)6-12(10)16/h3-6,8H,7H2,1-2H3. The molecule has 0 N–H and O–H groups in total. The Morgan fingerprint density at radius 3 is 2.81 bits per heavy atom. The van der Waals surface area contributed by atoms with Crippen molar-refractivity contribution in [3.8, 4) is 0 Å². The van der Waals surface area contributed by atoms with E-state index in [1.165, 1.54) is 18.5 Å². The van der Waals surface area contributed by atoms with Crippen LogP contribution >= 0.6 is 0 Å². The van der Waals surface area contributed by atoms with Crippen LogP contribution in [0.25, 0.3) is 5.78 Å². The molecule has 0 amide bonds. The summed E-state index contributed by atoms with van der Waals surface area (Å²) in [5, 5.41) is 4.11. The average Bonchev–Trinajstić information content (AvgIpc) is 2.88. The van der Waals surface area contributed by atoms with Gasteiger partial charge in [0.1, 0.15) is 23.8 Å². The van der Waals surface area contributed by atoms with E-state index < -0.39 is 11.6 Å². The van der Waals surface area contributed by atoms with Crippen molar-refractivity contribution < 1.29 is 8.78 Å². The molecule has 0 bridgehead atoms. The minimum absolute atomic E-state index is 0.282. The first-order valence-corrected chi connectivity index (χ1v) is 6.37. The fourth-order valence-corrected chi connectivity index (χ4v) is 2.17. The maximum Gasteiger partial charge on any atom is 0.254 e. The lowest BCUT2D eigenvalue weighted by Crippen LogP contribution is -2.21. The normalized spacial score (nSPS) is 11.0. The average molecular weight is 289 g/mol. The van der Waals surface area contributed by atoms with Crippen molar-refractivity contribution >= 4 is 11.6 Å². The molecule has 3 rings (SSSR count). The Kier molecular flexibility index (Phi) is 3.25. The van der Waals surface area contributed by atoms with Gasteiger partial charge in [0, 0.05) is 37.0 Å². The zero-order valence-corrected chi connectivity index (χ0v) is 11.6. The summed E-state index contributed by atoms with van der Waals surface area (Å²) in [5.41, 5.74) is 1.19. The van der Waals surface area contributed by atoms with Crippen molar-refractivity contribution in [1.29, 1.82) is 0 Å². The van der Waals surface area contributed by atoms with Crippen molar-refractivity contribution in [2.24, 2.45) is 0 Å². The molecule has 0 fully saturated rings. The van der Waals surface area contributed by atoms with Gasteiger partial charge in [-0.25, -0.2) is 13.8 Å². The Morgan fingerprint density at radius 1 is 1.24 bits per heavy atom. The summed E-state index contributed by atoms with van der Waals surface area (Å²) >= 11 is 0. The number of anilines is 1. The first-order valence-electron chi connectivity index (χ1n) is 6.37. The Labute approximate surface area is 119 Å². The zero-order chi connectivity index (χ0) is 15.0. The number of aromatic nitrogens is 4. The van der Waals surface area contributed by atoms with Crippen LogP contribution in [0.3, 0.4) is 0 Å². The fraction of sp³-hybridized carbons (Fsp3) is 0.214. The van der Waals surface area contributed by atoms with Crippen LogP contribution in [0.2, 0.25) is 0 Å². The highest BCUT2D eigenvalue weighted by Crippen LogP contribution is 2.18. The topological polar surface area (TPSA) is 46.3 Å². The number of aryl methyl sites for hydroxylation is 1. The smallest absolute Gasteiger partial charge is 0.254 e. The van der Waals surface area contributed by atoms with Crippen LogP contribution in [0.5, 0.6) is 0 Å². The highest BCUT2D eigenvalue weighted by Gasteiger charge is 2.12. The van der Waals surface area contributed by atoms with Crippen molar-refractivity contribution in [3.63, 3.8) is 0 Å². The Bertz CT molecular complexity index is 799. The predicted octanol–water partition coefficient (Wildman–Crippen LogP) is 2.35. The second-order valence-electron chi connectivity index (χ2n) is 4.82. The molecule has 0 saturated carbocycles. The molecule has 0 spiro atoms. The van der Waals surface area contributed by atoms with Gasteiger partial charge in [0.2, 0.25) is 0 Å². The van der Waals surface area contributed by atoms with Crippen LogP contribution in [-0.2, 0) is 6.54 Å². The first-order chi connectivity index (χ1) is 10.0. The molecule has 0 saturated heterocycles. The van der Waals surface area contributed by atoms with Gasteiger partial charge in [-0.1, -0.05) is 6.07 Å². The summed E-state index contributed by atoms with van der Waals surface area (Å²) in [6.45, 7) is 2.13. The number of hydrogen-bond donors (Lipinski definition) is 0. The van der Waals surface area contributed by atoms with Crippen LogP contribution in [-0.4, -0.2) is 26.6 Å². The molecule has 0 radical (unpaired) electrons. The second-order valence-corrected chi connectivity index (χ2v) is 4.82. The monoisotopic (exact) mass is 289 g/mol. The van der Waals surface area contributed by atoms with E-state index in [-0.39, 0.29) is 6.54 Å². The van der Waals surface area contributed by atoms with Gasteiger partial charge >= 0.3 is 0 Å². The van der Waals surface area contributed by atoms with Crippen molar-refractivity contribution in [1.82, 2.24) is 19.6 Å². The maximum atomic E-state index is 13.7. The molecular formula is C14H13F2N5. The Morgan fingerprint density at radius 2 is 2.05 bits per heavy atom. The van der Waals surface area contributed by atoms with Crippen LogP contribution in [0.1, 0.15) is 11.3 Å². The maximum absolute atomic E-state index is 13.7. The number of fused-ring (bicyclic) bond motifs is 1. The summed E-state index contributed by atoms with van der Waals surface area (Å²) in [4.78, 5) is 10.1. The summed E-state index contributed by atoms with van der Waals surface area (Å²) < 4.78 is 28.3. The van der Waals surface area contributed by atoms with Gasteiger partial charge in [-0.05, 0) is 13.0 Å². The third-order valence-electron chi connectivity index (χ3n) is 3.17. The van der Waals surface area contributed by atoms with Gasteiger partial charge in [0.05, 0.1) is 0 Å². The van der Waals surface area contributed by atoms with Gasteiger partial charge in [-0.15, -0.1) is 0 Å². The lowest BCUT2D eigenvalue weighted by Gasteiger charge is -2.20. The predicted molar refractivity (Wildman–Crippen MR) is 74.0 cm³/mol. The van der Waals surface area contributed by atoms with Gasteiger partial charge in [0.15, 0.2) is 0 Å². The largest absolute Gasteiger partial charge is 0.355 e. The SMILES string of the molecule is Cc1cc(N(C)Cc2ccc(F)cc2F)n2ncnc2n1. The highest BCUT2D eigenvalue weighted by atomic mass is 19.1. The third kappa shape index (κ3) is 2.54. The van der Waals surface area contributed by atoms with Crippen LogP contribution in [0.15, 0.2) is 30.6 Å². The molecule has 0 aliphatic rings. The molecule has 2 heterocycles. The lowest BCUT2D eigenvalue weighted by atomic mass is 10.2. The molecule has 3 aromatic rings. The summed E-state index contributed by atoms with van der Waals surface area (Å²) in [5.74, 6) is 0.0648. The number of hydrogen-bond acceptors (Lipinski definition) is 4. The molecular weight excluding hydrogens is 276 g/mol. The van der Waals surface area contributed by atoms with Gasteiger partial charge in [-0.2, -0.15) is 14.6 Å². The fourth-order valence-electron chi connectivity index (χ4n) is 2.17. The first kappa shape index (κ1) is 13.4. The molecule has 7 heteroatoms.